The number of halogens is 1. The summed E-state index contributed by atoms with van der Waals surface area (Å²) >= 11 is 2.02. The Kier molecular flexibility index (Phi) is 9.47. The zero-order chi connectivity index (χ0) is 9.94. The quantitative estimate of drug-likeness (QED) is 0.483. The third-order valence-electron chi connectivity index (χ3n) is 1.06. The van der Waals surface area contributed by atoms with Gasteiger partial charge in [-0.15, -0.1) is 0 Å². The molecule has 13 heavy (non-hydrogen) atoms. The summed E-state index contributed by atoms with van der Waals surface area (Å²) in [5, 5.41) is 20.0. The zero-order valence-electron chi connectivity index (χ0n) is 6.88. The zero-order valence-corrected chi connectivity index (χ0v) is 9.85. The number of hydrogen-bond acceptors (Lipinski definition) is 3. The highest BCUT2D eigenvalue weighted by molar-refractivity contribution is 14.2. The topological polar surface area (TPSA) is 44.0 Å². The minimum Gasteiger partial charge on any atom is -0.369 e. The molecule has 0 heterocycles. The van der Waals surface area contributed by atoms with Gasteiger partial charge in [-0.1, -0.05) is 11.8 Å². The van der Waals surface area contributed by atoms with E-state index in [-0.39, 0.29) is 0 Å². The Balaban J connectivity index is 3.64. The lowest BCUT2D eigenvalue weighted by molar-refractivity contribution is 0.289. The molecule has 0 rings (SSSR count). The summed E-state index contributed by atoms with van der Waals surface area (Å²) in [6.07, 6.45) is 1.05. The van der Waals surface area contributed by atoms with E-state index in [0.29, 0.717) is 12.8 Å². The number of hydrogen-bond donors (Lipinski definition) is 1. The van der Waals surface area contributed by atoms with Crippen LogP contribution in [0.5, 0.6) is 0 Å². The smallest absolute Gasteiger partial charge is 0.177 e. The molecule has 0 saturated carbocycles. The van der Waals surface area contributed by atoms with E-state index in [1.165, 1.54) is 8.93 Å². The minimum absolute atomic E-state index is 0.514. The molecule has 0 bridgehead atoms. The molecule has 1 unspecified atom stereocenters. The Morgan fingerprint density at radius 2 is 2.15 bits per heavy atom. The van der Waals surface area contributed by atoms with Crippen molar-refractivity contribution in [3.8, 4) is 29.1 Å². The van der Waals surface area contributed by atoms with Crippen molar-refractivity contribution >= 4 is 30.1 Å². The summed E-state index contributed by atoms with van der Waals surface area (Å²) in [4.78, 5) is 0. The Bertz CT molecular complexity index is 289. The fourth-order valence-electron chi connectivity index (χ4n) is 0.539. The van der Waals surface area contributed by atoms with Gasteiger partial charge in [0.15, 0.2) is 6.10 Å². The predicted molar refractivity (Wildman–Crippen MR) is 62.6 cm³/mol. The highest BCUT2D eigenvalue weighted by atomic mass is 127. The van der Waals surface area contributed by atoms with E-state index in [1.807, 2.05) is 27.3 Å². The molecule has 2 nitrogen and oxygen atoms in total. The van der Waals surface area contributed by atoms with Crippen LogP contribution in [0.15, 0.2) is 0 Å². The minimum atomic E-state index is -0.857. The molecule has 4 heteroatoms. The van der Waals surface area contributed by atoms with Gasteiger partial charge >= 0.3 is 0 Å². The van der Waals surface area contributed by atoms with Gasteiger partial charge in [-0.25, -0.2) is 0 Å². The van der Waals surface area contributed by atoms with Crippen LogP contribution in [0.4, 0.5) is 0 Å². The SMILES string of the molecule is N#CCCCC#CC(O)C#CSI. The maximum Gasteiger partial charge on any atom is 0.177 e. The van der Waals surface area contributed by atoms with Crippen LogP contribution in [0, 0.1) is 34.3 Å². The first kappa shape index (κ1) is 12.7. The van der Waals surface area contributed by atoms with Crippen LogP contribution >= 0.6 is 30.1 Å². The summed E-state index contributed by atoms with van der Waals surface area (Å²) in [6.45, 7) is 0. The van der Waals surface area contributed by atoms with Crippen LogP contribution in [0.2, 0.25) is 0 Å². The van der Waals surface area contributed by atoms with Crippen molar-refractivity contribution in [3.05, 3.63) is 0 Å². The average molecular weight is 305 g/mol. The van der Waals surface area contributed by atoms with E-state index >= 15 is 0 Å². The number of aliphatic hydroxyl groups is 1. The molecule has 0 saturated heterocycles. The molecule has 0 aliphatic carbocycles. The lowest BCUT2D eigenvalue weighted by Gasteiger charge is -1.87. The highest BCUT2D eigenvalue weighted by Crippen LogP contribution is 2.06. The van der Waals surface area contributed by atoms with Gasteiger partial charge in [-0.2, -0.15) is 5.26 Å². The van der Waals surface area contributed by atoms with Crippen LogP contribution in [-0.2, 0) is 0 Å². The maximum atomic E-state index is 9.11. The third kappa shape index (κ3) is 9.56. The summed E-state index contributed by atoms with van der Waals surface area (Å²) in [5.41, 5.74) is 0. The second-order valence-electron chi connectivity index (χ2n) is 2.06. The number of nitriles is 1. The molecule has 0 aromatic carbocycles. The van der Waals surface area contributed by atoms with Crippen molar-refractivity contribution in [1.29, 1.82) is 5.26 Å². The molecule has 0 fully saturated rings. The highest BCUT2D eigenvalue weighted by Gasteiger charge is 1.88. The Hall–Kier alpha value is -0.350. The molecule has 0 spiro atoms. The normalized spacial score (nSPS) is 9.92. The molecular formula is C9H8INOS. The van der Waals surface area contributed by atoms with Crippen LogP contribution < -0.4 is 0 Å². The Morgan fingerprint density at radius 3 is 2.77 bits per heavy atom. The van der Waals surface area contributed by atoms with Crippen molar-refractivity contribution in [2.45, 2.75) is 25.4 Å². The molecule has 0 aliphatic heterocycles. The van der Waals surface area contributed by atoms with Gasteiger partial charge in [0.25, 0.3) is 0 Å². The molecule has 1 N–H and O–H groups in total. The van der Waals surface area contributed by atoms with Crippen molar-refractivity contribution < 1.29 is 5.11 Å². The fraction of sp³-hybridized carbons (Fsp3) is 0.444. The molecular weight excluding hydrogens is 297 g/mol. The third-order valence-corrected chi connectivity index (χ3v) is 1.92. The first-order chi connectivity index (χ1) is 6.31. The van der Waals surface area contributed by atoms with Gasteiger partial charge in [0.1, 0.15) is 0 Å². The molecule has 1 atom stereocenters. The van der Waals surface area contributed by atoms with Crippen LogP contribution in [-0.4, -0.2) is 11.2 Å². The largest absolute Gasteiger partial charge is 0.369 e. The van der Waals surface area contributed by atoms with E-state index in [9.17, 15) is 0 Å². The summed E-state index contributed by atoms with van der Waals surface area (Å²) in [7, 11) is 1.32. The Morgan fingerprint density at radius 1 is 1.38 bits per heavy atom. The van der Waals surface area contributed by atoms with Gasteiger partial charge in [-0.3, -0.25) is 0 Å². The van der Waals surface area contributed by atoms with Gasteiger partial charge in [-0.05, 0) is 26.5 Å². The van der Waals surface area contributed by atoms with E-state index in [0.717, 1.165) is 6.42 Å². The van der Waals surface area contributed by atoms with Gasteiger partial charge < -0.3 is 5.11 Å². The van der Waals surface area contributed by atoms with Crippen molar-refractivity contribution in [2.75, 3.05) is 0 Å². The van der Waals surface area contributed by atoms with Gasteiger partial charge in [0, 0.05) is 34.0 Å². The molecule has 68 valence electrons. The molecule has 0 radical (unpaired) electrons. The maximum absolute atomic E-state index is 9.11. The van der Waals surface area contributed by atoms with Gasteiger partial charge in [0.05, 0.1) is 6.07 Å². The first-order valence-corrected chi connectivity index (χ1v) is 6.98. The van der Waals surface area contributed by atoms with Crippen LogP contribution in [0.3, 0.4) is 0 Å². The lowest BCUT2D eigenvalue weighted by Crippen LogP contribution is -1.96. The molecule has 0 aliphatic rings. The number of unbranched alkanes of at least 4 members (excludes halogenated alkanes) is 2. The number of aliphatic hydroxyl groups excluding tert-OH is 1. The molecule has 0 aromatic rings. The van der Waals surface area contributed by atoms with Crippen molar-refractivity contribution in [3.63, 3.8) is 0 Å². The standard InChI is InChI=1S/C9H8INOS/c10-13-8-6-9(12)5-3-1-2-4-7-11/h9,12H,1-2,4H2. The van der Waals surface area contributed by atoms with Crippen molar-refractivity contribution in [1.82, 2.24) is 0 Å². The van der Waals surface area contributed by atoms with E-state index in [1.54, 1.807) is 0 Å². The lowest BCUT2D eigenvalue weighted by atomic mass is 10.2. The van der Waals surface area contributed by atoms with Crippen LogP contribution in [0.1, 0.15) is 19.3 Å². The van der Waals surface area contributed by atoms with Crippen LogP contribution in [0.25, 0.3) is 0 Å². The second-order valence-corrected chi connectivity index (χ2v) is 3.74. The van der Waals surface area contributed by atoms with E-state index < -0.39 is 6.10 Å². The average Bonchev–Trinajstić information content (AvgIpc) is 2.14. The Labute approximate surface area is 94.7 Å². The van der Waals surface area contributed by atoms with E-state index in [4.69, 9.17) is 10.4 Å². The van der Waals surface area contributed by atoms with Gasteiger partial charge in [0.2, 0.25) is 0 Å². The summed E-state index contributed by atoms with van der Waals surface area (Å²) < 4.78 is 0. The predicted octanol–water partition coefficient (Wildman–Crippen LogP) is 2.09. The number of rotatable bonds is 2. The first-order valence-electron chi connectivity index (χ1n) is 3.62. The summed E-state index contributed by atoms with van der Waals surface area (Å²) in [6, 6.07) is 2.03. The molecule has 0 amide bonds. The monoisotopic (exact) mass is 305 g/mol. The molecule has 0 aromatic heterocycles. The fourth-order valence-corrected chi connectivity index (χ4v) is 1.08. The van der Waals surface area contributed by atoms with Crippen molar-refractivity contribution in [2.24, 2.45) is 0 Å². The second kappa shape index (κ2) is 9.74. The van der Waals surface area contributed by atoms with E-state index in [2.05, 4.69) is 23.0 Å². The summed E-state index contributed by atoms with van der Waals surface area (Å²) in [5.74, 6) is 7.89. The number of nitrogens with zero attached hydrogens (tertiary/aromatic N) is 1.